The van der Waals surface area contributed by atoms with E-state index in [1.54, 1.807) is 38.2 Å². The fourth-order valence-corrected chi connectivity index (χ4v) is 4.26. The van der Waals surface area contributed by atoms with Gasteiger partial charge in [-0.15, -0.1) is 0 Å². The first-order chi connectivity index (χ1) is 19.5. The quantitative estimate of drug-likeness (QED) is 0.248. The van der Waals surface area contributed by atoms with Crippen LogP contribution in [0.5, 0.6) is 0 Å². The molecule has 14 heteroatoms. The summed E-state index contributed by atoms with van der Waals surface area (Å²) >= 11 is 0. The predicted octanol–water partition coefficient (Wildman–Crippen LogP) is 5.33. The lowest BCUT2D eigenvalue weighted by molar-refractivity contribution is -0.141. The summed E-state index contributed by atoms with van der Waals surface area (Å²) < 4.78 is 57.3. The summed E-state index contributed by atoms with van der Waals surface area (Å²) in [6.07, 6.45) is -3.23. The van der Waals surface area contributed by atoms with Crippen molar-refractivity contribution in [1.29, 1.82) is 0 Å². The molecule has 0 unspecified atom stereocenters. The third-order valence-corrected chi connectivity index (χ3v) is 6.27. The number of anilines is 3. The van der Waals surface area contributed by atoms with Gasteiger partial charge in [-0.05, 0) is 48.4 Å². The normalized spacial score (nSPS) is 11.5. The van der Waals surface area contributed by atoms with E-state index in [9.17, 15) is 27.2 Å². The Balaban J connectivity index is 1.49. The summed E-state index contributed by atoms with van der Waals surface area (Å²) in [7, 11) is 3.18. The number of nitrogens with one attached hydrogen (secondary N) is 3. The van der Waals surface area contributed by atoms with Gasteiger partial charge in [0.2, 0.25) is 5.95 Å². The largest absolute Gasteiger partial charge is 0.435 e. The van der Waals surface area contributed by atoms with E-state index in [1.807, 2.05) is 0 Å². The van der Waals surface area contributed by atoms with Crippen molar-refractivity contribution >= 4 is 34.5 Å². The predicted molar refractivity (Wildman–Crippen MR) is 146 cm³/mol. The van der Waals surface area contributed by atoms with Crippen LogP contribution in [0.15, 0.2) is 65.6 Å². The zero-order valence-electron chi connectivity index (χ0n) is 21.8. The van der Waals surface area contributed by atoms with E-state index in [1.165, 1.54) is 36.0 Å². The van der Waals surface area contributed by atoms with Crippen LogP contribution < -0.4 is 21.5 Å². The molecule has 3 heterocycles. The molecular formula is C27H22F4N8O2. The van der Waals surface area contributed by atoms with E-state index in [4.69, 9.17) is 0 Å². The van der Waals surface area contributed by atoms with Crippen molar-refractivity contribution in [1.82, 2.24) is 24.3 Å². The molecule has 0 spiro atoms. The highest BCUT2D eigenvalue weighted by Crippen LogP contribution is 2.32. The molecule has 0 fully saturated rings. The maximum Gasteiger partial charge on any atom is 0.435 e. The molecule has 2 amide bonds. The molecule has 0 radical (unpaired) electrons. The number of fused-ring (bicyclic) bond motifs is 1. The van der Waals surface area contributed by atoms with E-state index in [2.05, 4.69) is 31.0 Å². The number of hydrogen-bond acceptors (Lipinski definition) is 6. The Hall–Kier alpha value is -5.27. The van der Waals surface area contributed by atoms with Crippen LogP contribution in [0.1, 0.15) is 11.3 Å². The Morgan fingerprint density at radius 1 is 1.00 bits per heavy atom. The van der Waals surface area contributed by atoms with Crippen molar-refractivity contribution in [2.24, 2.45) is 7.05 Å². The molecule has 10 nitrogen and oxygen atoms in total. The van der Waals surface area contributed by atoms with Crippen LogP contribution in [0.2, 0.25) is 0 Å². The maximum atomic E-state index is 14.9. The molecule has 0 aliphatic carbocycles. The first-order valence-corrected chi connectivity index (χ1v) is 12.1. The number of hydrogen-bond donors (Lipinski definition) is 3. The fourth-order valence-electron chi connectivity index (χ4n) is 4.26. The van der Waals surface area contributed by atoms with E-state index < -0.39 is 29.3 Å². The van der Waals surface area contributed by atoms with Gasteiger partial charge < -0.3 is 10.6 Å². The fraction of sp³-hybridized carbons (Fsp3) is 0.148. The summed E-state index contributed by atoms with van der Waals surface area (Å²) in [6, 6.07) is 11.5. The van der Waals surface area contributed by atoms with Crippen LogP contribution in [0.4, 0.5) is 39.8 Å². The topological polar surface area (TPSA) is 119 Å². The molecule has 0 aliphatic heterocycles. The first-order valence-electron chi connectivity index (χ1n) is 12.1. The second-order valence-corrected chi connectivity index (χ2v) is 9.03. The van der Waals surface area contributed by atoms with E-state index in [0.29, 0.717) is 34.2 Å². The second-order valence-electron chi connectivity index (χ2n) is 9.03. The highest BCUT2D eigenvalue weighted by molar-refractivity contribution is 6.00. The van der Waals surface area contributed by atoms with Crippen LogP contribution >= 0.6 is 0 Å². The Labute approximate surface area is 229 Å². The molecule has 0 atom stereocenters. The summed E-state index contributed by atoms with van der Waals surface area (Å²) in [5.41, 5.74) is -0.352. The molecule has 0 aliphatic rings. The minimum Gasteiger partial charge on any atom is -0.357 e. The number of rotatable bonds is 5. The minimum atomic E-state index is -4.77. The van der Waals surface area contributed by atoms with E-state index >= 15 is 0 Å². The van der Waals surface area contributed by atoms with Crippen molar-refractivity contribution in [2.45, 2.75) is 13.1 Å². The molecule has 210 valence electrons. The summed E-state index contributed by atoms with van der Waals surface area (Å²) in [5.74, 6) is -0.779. The Bertz CT molecular complexity index is 1850. The number of carbonyl (C=O) groups excluding carboxylic acids is 1. The maximum absolute atomic E-state index is 14.9. The Morgan fingerprint density at radius 3 is 2.41 bits per heavy atom. The Morgan fingerprint density at radius 2 is 1.73 bits per heavy atom. The molecule has 0 saturated heterocycles. The van der Waals surface area contributed by atoms with Gasteiger partial charge in [-0.25, -0.2) is 18.9 Å². The smallest absolute Gasteiger partial charge is 0.357 e. The van der Waals surface area contributed by atoms with Gasteiger partial charge in [-0.2, -0.15) is 23.3 Å². The highest BCUT2D eigenvalue weighted by atomic mass is 19.4. The van der Waals surface area contributed by atoms with Gasteiger partial charge in [0, 0.05) is 37.3 Å². The van der Waals surface area contributed by atoms with E-state index in [-0.39, 0.29) is 22.8 Å². The van der Waals surface area contributed by atoms with Gasteiger partial charge in [-0.3, -0.25) is 14.7 Å². The highest BCUT2D eigenvalue weighted by Gasteiger charge is 2.35. The van der Waals surface area contributed by atoms with Gasteiger partial charge in [-0.1, -0.05) is 18.2 Å². The van der Waals surface area contributed by atoms with Gasteiger partial charge in [0.05, 0.1) is 11.4 Å². The van der Waals surface area contributed by atoms with Crippen molar-refractivity contribution in [2.75, 3.05) is 23.0 Å². The third-order valence-electron chi connectivity index (χ3n) is 6.27. The zero-order valence-corrected chi connectivity index (χ0v) is 21.8. The molecule has 5 aromatic rings. The van der Waals surface area contributed by atoms with Gasteiger partial charge in [0.15, 0.2) is 5.69 Å². The summed E-state index contributed by atoms with van der Waals surface area (Å²) in [5, 5.41) is 11.5. The molecule has 0 saturated carbocycles. The molecule has 41 heavy (non-hydrogen) atoms. The number of benzene rings is 2. The standard InChI is InChI=1S/C27H22F4N8O2/c1-14-9-19(28)20(11-17(14)18-10-15-13-33-25(32-2)36-23(15)38(3)24(18)40)34-26(41)35-22-12-21(27(29,30)31)37-39(22)16-7-5-4-6-8-16/h4-13H,1-3H3,(H,32,33,36)(H2,34,35,41). The van der Waals surface area contributed by atoms with Crippen molar-refractivity contribution in [3.8, 4) is 16.8 Å². The molecule has 2 aromatic carbocycles. The van der Waals surface area contributed by atoms with Crippen LogP contribution in [0.25, 0.3) is 27.8 Å². The SMILES string of the molecule is CNc1ncc2cc(-c3cc(NC(=O)Nc4cc(C(F)(F)F)nn4-c4ccccc4)c(F)cc3C)c(=O)n(C)c2n1. The molecule has 3 N–H and O–H groups in total. The number of urea groups is 1. The number of pyridine rings is 1. The number of aryl methyl sites for hydroxylation is 2. The summed E-state index contributed by atoms with van der Waals surface area (Å²) in [4.78, 5) is 34.6. The first kappa shape index (κ1) is 27.3. The number of amides is 2. The van der Waals surface area contributed by atoms with E-state index in [0.717, 1.165) is 10.7 Å². The van der Waals surface area contributed by atoms with Gasteiger partial charge >= 0.3 is 12.2 Å². The molecule has 3 aromatic heterocycles. The lowest BCUT2D eigenvalue weighted by Gasteiger charge is -2.14. The van der Waals surface area contributed by atoms with Gasteiger partial charge in [0.25, 0.3) is 5.56 Å². The zero-order chi connectivity index (χ0) is 29.5. The number of nitrogens with zero attached hydrogens (tertiary/aromatic N) is 5. The average Bonchev–Trinajstić information content (AvgIpc) is 3.37. The summed E-state index contributed by atoms with van der Waals surface area (Å²) in [6.45, 7) is 1.60. The van der Waals surface area contributed by atoms with Crippen molar-refractivity contribution in [3.63, 3.8) is 0 Å². The van der Waals surface area contributed by atoms with Crippen molar-refractivity contribution < 1.29 is 22.4 Å². The van der Waals surface area contributed by atoms with Crippen LogP contribution in [-0.2, 0) is 13.2 Å². The van der Waals surface area contributed by atoms with Gasteiger partial charge in [0.1, 0.15) is 17.3 Å². The van der Waals surface area contributed by atoms with Crippen LogP contribution in [0.3, 0.4) is 0 Å². The third kappa shape index (κ3) is 5.31. The molecular weight excluding hydrogens is 544 g/mol. The minimum absolute atomic E-state index is 0.207. The number of para-hydroxylation sites is 1. The lowest BCUT2D eigenvalue weighted by Crippen LogP contribution is -2.23. The van der Waals surface area contributed by atoms with Crippen LogP contribution in [-0.4, -0.2) is 37.4 Å². The number of alkyl halides is 3. The number of halogens is 4. The average molecular weight is 567 g/mol. The molecule has 0 bridgehead atoms. The lowest BCUT2D eigenvalue weighted by atomic mass is 9.99. The number of aromatic nitrogens is 5. The molecule has 5 rings (SSSR count). The Kier molecular flexibility index (Phi) is 6.91. The monoisotopic (exact) mass is 566 g/mol. The number of carbonyl (C=O) groups is 1. The van der Waals surface area contributed by atoms with Crippen molar-refractivity contribution in [3.05, 3.63) is 88.2 Å². The second kappa shape index (κ2) is 10.4. The van der Waals surface area contributed by atoms with Crippen LogP contribution in [0, 0.1) is 12.7 Å².